The van der Waals surface area contributed by atoms with Crippen molar-refractivity contribution in [2.75, 3.05) is 7.11 Å². The van der Waals surface area contributed by atoms with Crippen LogP contribution in [0.4, 0.5) is 0 Å². The molecule has 4 aliphatic rings. The van der Waals surface area contributed by atoms with Gasteiger partial charge in [0.2, 0.25) is 0 Å². The Morgan fingerprint density at radius 3 is 2.40 bits per heavy atom. The van der Waals surface area contributed by atoms with Gasteiger partial charge in [0.15, 0.2) is 11.5 Å². The first kappa shape index (κ1) is 14.7. The fraction of sp³-hybridized carbons (Fsp3) is 0.421. The molecule has 1 heterocycles. The smallest absolute Gasteiger partial charge is 0.254 e. The predicted octanol–water partition coefficient (Wildman–Crippen LogP) is 1.93. The lowest BCUT2D eigenvalue weighted by molar-refractivity contribution is -0.141. The van der Waals surface area contributed by atoms with E-state index in [1.807, 2.05) is 0 Å². The number of hydrazone groups is 1. The Labute approximate surface area is 144 Å². The van der Waals surface area contributed by atoms with E-state index in [9.17, 15) is 14.7 Å². The van der Waals surface area contributed by atoms with E-state index in [0.717, 1.165) is 17.9 Å². The van der Waals surface area contributed by atoms with Crippen molar-refractivity contribution in [3.63, 3.8) is 0 Å². The van der Waals surface area contributed by atoms with Crippen LogP contribution in [0.3, 0.4) is 0 Å². The van der Waals surface area contributed by atoms with Gasteiger partial charge < -0.3 is 9.84 Å². The van der Waals surface area contributed by atoms with E-state index in [1.165, 1.54) is 19.4 Å². The van der Waals surface area contributed by atoms with Crippen LogP contribution in [0.2, 0.25) is 0 Å². The maximum absolute atomic E-state index is 12.8. The van der Waals surface area contributed by atoms with Crippen molar-refractivity contribution in [1.29, 1.82) is 0 Å². The molecule has 4 atom stereocenters. The van der Waals surface area contributed by atoms with Crippen LogP contribution < -0.4 is 4.74 Å². The number of amides is 2. The van der Waals surface area contributed by atoms with Gasteiger partial charge in [-0.15, -0.1) is 0 Å². The lowest BCUT2D eigenvalue weighted by atomic mass is 9.85. The first-order chi connectivity index (χ1) is 12.1. The largest absolute Gasteiger partial charge is 0.504 e. The molecule has 1 saturated heterocycles. The van der Waals surface area contributed by atoms with E-state index in [-0.39, 0.29) is 46.7 Å². The molecular weight excluding hydrogens is 320 g/mol. The third-order valence-electron chi connectivity index (χ3n) is 6.36. The van der Waals surface area contributed by atoms with Gasteiger partial charge in [0.05, 0.1) is 25.2 Å². The Bertz CT molecular complexity index is 821. The fourth-order valence-corrected chi connectivity index (χ4v) is 5.08. The van der Waals surface area contributed by atoms with Crippen molar-refractivity contribution < 1.29 is 19.4 Å². The summed E-state index contributed by atoms with van der Waals surface area (Å²) in [5.41, 5.74) is 0.841. The third kappa shape index (κ3) is 1.77. The Hall–Kier alpha value is -2.63. The average molecular weight is 338 g/mol. The van der Waals surface area contributed by atoms with E-state index in [0.29, 0.717) is 11.3 Å². The topological polar surface area (TPSA) is 79.2 Å². The number of carbonyl (C=O) groups is 2. The summed E-state index contributed by atoms with van der Waals surface area (Å²) < 4.78 is 5.06. The van der Waals surface area contributed by atoms with Crippen LogP contribution in [0.25, 0.3) is 0 Å². The summed E-state index contributed by atoms with van der Waals surface area (Å²) >= 11 is 0. The van der Waals surface area contributed by atoms with Gasteiger partial charge in [-0.25, -0.2) is 0 Å². The van der Waals surface area contributed by atoms with Gasteiger partial charge in [-0.3, -0.25) is 9.59 Å². The van der Waals surface area contributed by atoms with Crippen LogP contribution in [0, 0.1) is 29.1 Å². The number of benzene rings is 1. The zero-order valence-electron chi connectivity index (χ0n) is 13.8. The highest BCUT2D eigenvalue weighted by Crippen LogP contribution is 2.73. The summed E-state index contributed by atoms with van der Waals surface area (Å²) in [7, 11) is 1.46. The van der Waals surface area contributed by atoms with Crippen LogP contribution in [0.5, 0.6) is 11.5 Å². The first-order valence-corrected chi connectivity index (χ1v) is 8.54. The molecule has 25 heavy (non-hydrogen) atoms. The lowest BCUT2D eigenvalue weighted by Gasteiger charge is -2.18. The standard InChI is InChI=1S/C19H18N2O4/c1-25-14-8-10(2-5-13(14)22)9-20-21-17(23)15-11-3-4-12(16(15)18(21)24)19(11)6-7-19/h2-5,8-9,11-12,15-16,22H,6-7H2,1H3/b20-9-/t11-,12-,15-,16-/m1/s1. The van der Waals surface area contributed by atoms with Crippen LogP contribution in [0.1, 0.15) is 18.4 Å². The molecule has 2 amide bonds. The fourth-order valence-electron chi connectivity index (χ4n) is 5.08. The summed E-state index contributed by atoms with van der Waals surface area (Å²) in [6, 6.07) is 4.75. The van der Waals surface area contributed by atoms with Crippen molar-refractivity contribution in [3.05, 3.63) is 35.9 Å². The number of carbonyl (C=O) groups excluding carboxylic acids is 2. The number of allylic oxidation sites excluding steroid dienone is 2. The van der Waals surface area contributed by atoms with Crippen molar-refractivity contribution >= 4 is 18.0 Å². The molecule has 1 aromatic carbocycles. The van der Waals surface area contributed by atoms with Crippen molar-refractivity contribution in [3.8, 4) is 11.5 Å². The van der Waals surface area contributed by atoms with Gasteiger partial charge in [0, 0.05) is 0 Å². The van der Waals surface area contributed by atoms with Gasteiger partial charge in [-0.2, -0.15) is 10.1 Å². The summed E-state index contributed by atoms with van der Waals surface area (Å²) in [6.07, 6.45) is 7.99. The minimum absolute atomic E-state index is 0.0277. The monoisotopic (exact) mass is 338 g/mol. The van der Waals surface area contributed by atoms with Crippen LogP contribution in [-0.4, -0.2) is 35.3 Å². The summed E-state index contributed by atoms with van der Waals surface area (Å²) in [4.78, 5) is 25.6. The second kappa shape index (κ2) is 4.71. The molecule has 5 rings (SSSR count). The second-order valence-electron chi connectivity index (χ2n) is 7.39. The molecule has 2 saturated carbocycles. The number of imide groups is 1. The Morgan fingerprint density at radius 1 is 1.20 bits per heavy atom. The molecule has 0 aromatic heterocycles. The van der Waals surface area contributed by atoms with Crippen LogP contribution in [0.15, 0.2) is 35.5 Å². The number of nitrogens with zero attached hydrogens (tertiary/aromatic N) is 2. The number of aromatic hydroxyl groups is 1. The first-order valence-electron chi connectivity index (χ1n) is 8.54. The summed E-state index contributed by atoms with van der Waals surface area (Å²) in [6.45, 7) is 0. The van der Waals surface area contributed by atoms with E-state index in [1.54, 1.807) is 12.1 Å². The number of ether oxygens (including phenoxy) is 1. The quantitative estimate of drug-likeness (QED) is 0.519. The van der Waals surface area contributed by atoms with Crippen molar-refractivity contribution in [2.24, 2.45) is 34.2 Å². The molecule has 1 N–H and O–H groups in total. The molecule has 1 aliphatic heterocycles. The predicted molar refractivity (Wildman–Crippen MR) is 88.9 cm³/mol. The van der Waals surface area contributed by atoms with E-state index >= 15 is 0 Å². The van der Waals surface area contributed by atoms with Gasteiger partial charge in [0.1, 0.15) is 0 Å². The highest BCUT2D eigenvalue weighted by atomic mass is 16.5. The number of hydrogen-bond acceptors (Lipinski definition) is 5. The maximum atomic E-state index is 12.8. The zero-order chi connectivity index (χ0) is 17.3. The number of rotatable bonds is 3. The van der Waals surface area contributed by atoms with Crippen LogP contribution in [-0.2, 0) is 9.59 Å². The average Bonchev–Trinajstić information content (AvgIpc) is 3.21. The van der Waals surface area contributed by atoms with Crippen molar-refractivity contribution in [2.45, 2.75) is 12.8 Å². The lowest BCUT2D eigenvalue weighted by Crippen LogP contribution is -2.30. The third-order valence-corrected chi connectivity index (χ3v) is 6.36. The molecule has 3 fully saturated rings. The molecule has 0 radical (unpaired) electrons. The van der Waals surface area contributed by atoms with Crippen molar-refractivity contribution in [1.82, 2.24) is 5.01 Å². The maximum Gasteiger partial charge on any atom is 0.254 e. The van der Waals surface area contributed by atoms with Gasteiger partial charge >= 0.3 is 0 Å². The molecule has 2 bridgehead atoms. The van der Waals surface area contributed by atoms with Crippen LogP contribution >= 0.6 is 0 Å². The van der Waals surface area contributed by atoms with Gasteiger partial charge in [-0.05, 0) is 53.9 Å². The normalized spacial score (nSPS) is 33.7. The molecule has 0 unspecified atom stereocenters. The second-order valence-corrected chi connectivity index (χ2v) is 7.39. The molecule has 1 spiro atoms. The zero-order valence-corrected chi connectivity index (χ0v) is 13.8. The van der Waals surface area contributed by atoms with E-state index < -0.39 is 0 Å². The number of hydrogen-bond donors (Lipinski definition) is 1. The SMILES string of the molecule is COc1cc(/C=N\N2C(=O)[C@H]3[C@H](C2=O)[C@H]2C=C[C@H]3C23CC3)ccc1O. The molecular formula is C19H18N2O4. The van der Waals surface area contributed by atoms with E-state index in [2.05, 4.69) is 17.3 Å². The summed E-state index contributed by atoms with van der Waals surface area (Å²) in [5, 5.41) is 14.8. The number of phenolic OH excluding ortho intramolecular Hbond substituents is 1. The highest BCUT2D eigenvalue weighted by Gasteiger charge is 2.73. The highest BCUT2D eigenvalue weighted by molar-refractivity contribution is 6.07. The number of methoxy groups -OCH3 is 1. The minimum atomic E-state index is -0.239. The molecule has 3 aliphatic carbocycles. The Balaban J connectivity index is 1.42. The number of fused-ring (bicyclic) bond motifs is 3. The van der Waals surface area contributed by atoms with E-state index in [4.69, 9.17) is 4.74 Å². The molecule has 6 heteroatoms. The number of phenols is 1. The molecule has 1 aromatic rings. The minimum Gasteiger partial charge on any atom is -0.504 e. The summed E-state index contributed by atoms with van der Waals surface area (Å²) in [5.74, 6) is -0.0909. The molecule has 128 valence electrons. The van der Waals surface area contributed by atoms with Gasteiger partial charge in [-0.1, -0.05) is 12.2 Å². The Kier molecular flexibility index (Phi) is 2.77. The Morgan fingerprint density at radius 2 is 1.84 bits per heavy atom. The molecule has 6 nitrogen and oxygen atoms in total. The van der Waals surface area contributed by atoms with Gasteiger partial charge in [0.25, 0.3) is 11.8 Å².